The van der Waals surface area contributed by atoms with E-state index in [2.05, 4.69) is 25.0 Å². The molecule has 2 aromatic carbocycles. The molecular weight excluding hydrogens is 384 g/mol. The van der Waals surface area contributed by atoms with Gasteiger partial charge in [0.2, 0.25) is 5.69 Å². The lowest BCUT2D eigenvalue weighted by molar-refractivity contribution is 0.0592. The summed E-state index contributed by atoms with van der Waals surface area (Å²) in [5.41, 5.74) is 1.43. The molecule has 0 unspecified atom stereocenters. The van der Waals surface area contributed by atoms with Crippen molar-refractivity contribution in [1.82, 2.24) is 15.0 Å². The zero-order chi connectivity index (χ0) is 19.7. The first kappa shape index (κ1) is 17.7. The molecule has 0 saturated heterocycles. The van der Waals surface area contributed by atoms with Gasteiger partial charge in [0.1, 0.15) is 0 Å². The maximum Gasteiger partial charge on any atom is 0.362 e. The summed E-state index contributed by atoms with van der Waals surface area (Å²) >= 11 is 5.89. The molecule has 0 bridgehead atoms. The lowest BCUT2D eigenvalue weighted by Crippen LogP contribution is -2.21. The van der Waals surface area contributed by atoms with Crippen LogP contribution in [0.1, 0.15) is 10.5 Å². The molecule has 0 radical (unpaired) electrons. The van der Waals surface area contributed by atoms with Gasteiger partial charge in [0.15, 0.2) is 5.76 Å². The molecule has 140 valence electrons. The Labute approximate surface area is 163 Å². The van der Waals surface area contributed by atoms with Crippen LogP contribution in [-0.4, -0.2) is 28.0 Å². The Morgan fingerprint density at radius 2 is 2.00 bits per heavy atom. The number of carbonyl (C=O) groups is 1. The third-order valence-electron chi connectivity index (χ3n) is 3.96. The van der Waals surface area contributed by atoms with Crippen molar-refractivity contribution in [2.75, 3.05) is 12.4 Å². The average molecular weight is 397 g/mol. The third-order valence-corrected chi connectivity index (χ3v) is 4.21. The SMILES string of the molecule is COC(=O)c1nc2cc(Nc3ncc(-c4ccc(Cl)cc4)o3)ccc2[nH]c1=O. The Balaban J connectivity index is 1.63. The van der Waals surface area contributed by atoms with Crippen LogP contribution in [0.3, 0.4) is 0 Å². The number of rotatable bonds is 4. The van der Waals surface area contributed by atoms with Crippen LogP contribution in [-0.2, 0) is 4.74 Å². The van der Waals surface area contributed by atoms with E-state index in [1.54, 1.807) is 36.5 Å². The third kappa shape index (κ3) is 3.45. The van der Waals surface area contributed by atoms with Crippen molar-refractivity contribution in [3.05, 3.63) is 69.7 Å². The summed E-state index contributed by atoms with van der Waals surface area (Å²) < 4.78 is 10.3. The summed E-state index contributed by atoms with van der Waals surface area (Å²) in [6, 6.07) is 12.5. The van der Waals surface area contributed by atoms with Gasteiger partial charge in [-0.2, -0.15) is 0 Å². The average Bonchev–Trinajstić information content (AvgIpc) is 3.16. The minimum Gasteiger partial charge on any atom is -0.464 e. The number of aromatic nitrogens is 3. The van der Waals surface area contributed by atoms with E-state index in [-0.39, 0.29) is 11.7 Å². The van der Waals surface area contributed by atoms with Crippen molar-refractivity contribution in [2.45, 2.75) is 0 Å². The number of nitrogens with zero attached hydrogens (tertiary/aromatic N) is 2. The van der Waals surface area contributed by atoms with Crippen LogP contribution >= 0.6 is 11.6 Å². The van der Waals surface area contributed by atoms with Crippen LogP contribution in [0, 0.1) is 0 Å². The summed E-state index contributed by atoms with van der Waals surface area (Å²) in [5, 5.41) is 3.66. The lowest BCUT2D eigenvalue weighted by atomic mass is 10.2. The quantitative estimate of drug-likeness (QED) is 0.505. The van der Waals surface area contributed by atoms with Crippen LogP contribution in [0.2, 0.25) is 5.02 Å². The maximum atomic E-state index is 11.9. The van der Waals surface area contributed by atoms with Gasteiger partial charge in [0, 0.05) is 16.3 Å². The van der Waals surface area contributed by atoms with E-state index in [0.717, 1.165) is 5.56 Å². The molecule has 2 aromatic heterocycles. The molecule has 28 heavy (non-hydrogen) atoms. The minimum atomic E-state index is -0.804. The van der Waals surface area contributed by atoms with E-state index in [0.29, 0.717) is 27.5 Å². The number of ether oxygens (including phenoxy) is 1. The molecule has 2 heterocycles. The highest BCUT2D eigenvalue weighted by atomic mass is 35.5. The second kappa shape index (κ2) is 7.16. The molecule has 2 N–H and O–H groups in total. The molecule has 9 heteroatoms. The Kier molecular flexibility index (Phi) is 4.54. The zero-order valence-corrected chi connectivity index (χ0v) is 15.3. The highest BCUT2D eigenvalue weighted by Gasteiger charge is 2.14. The molecular formula is C19H13ClN4O4. The van der Waals surface area contributed by atoms with Crippen molar-refractivity contribution >= 4 is 40.3 Å². The largest absolute Gasteiger partial charge is 0.464 e. The first-order chi connectivity index (χ1) is 13.5. The zero-order valence-electron chi connectivity index (χ0n) is 14.5. The molecule has 0 spiro atoms. The van der Waals surface area contributed by atoms with Gasteiger partial charge >= 0.3 is 5.97 Å². The fraction of sp³-hybridized carbons (Fsp3) is 0.0526. The molecule has 0 atom stereocenters. The van der Waals surface area contributed by atoms with E-state index in [9.17, 15) is 9.59 Å². The number of carbonyl (C=O) groups excluding carboxylic acids is 1. The van der Waals surface area contributed by atoms with E-state index in [1.807, 2.05) is 12.1 Å². The lowest BCUT2D eigenvalue weighted by Gasteiger charge is -2.05. The first-order valence-electron chi connectivity index (χ1n) is 8.14. The smallest absolute Gasteiger partial charge is 0.362 e. The van der Waals surface area contributed by atoms with Gasteiger partial charge in [-0.25, -0.2) is 14.8 Å². The summed E-state index contributed by atoms with van der Waals surface area (Å²) in [4.78, 5) is 34.4. The van der Waals surface area contributed by atoms with Crippen LogP contribution < -0.4 is 10.9 Å². The number of H-pyrrole nitrogens is 1. The van der Waals surface area contributed by atoms with Gasteiger partial charge in [-0.1, -0.05) is 11.6 Å². The topological polar surface area (TPSA) is 110 Å². The number of halogens is 1. The van der Waals surface area contributed by atoms with Crippen molar-refractivity contribution in [3.8, 4) is 11.3 Å². The fourth-order valence-corrected chi connectivity index (χ4v) is 2.72. The normalized spacial score (nSPS) is 10.8. The second-order valence-corrected chi connectivity index (χ2v) is 6.24. The number of hydrogen-bond donors (Lipinski definition) is 2. The number of methoxy groups -OCH3 is 1. The number of oxazole rings is 1. The second-order valence-electron chi connectivity index (χ2n) is 5.80. The molecule has 0 aliphatic carbocycles. The summed E-state index contributed by atoms with van der Waals surface area (Å²) in [5.74, 6) is -0.225. The molecule has 0 aliphatic rings. The fourth-order valence-electron chi connectivity index (χ4n) is 2.60. The molecule has 0 aliphatic heterocycles. The van der Waals surface area contributed by atoms with Gasteiger partial charge < -0.3 is 19.5 Å². The standard InChI is InChI=1S/C19H13ClN4O4/c1-27-18(26)16-17(25)24-13-7-6-12(8-14(13)23-16)22-19-21-9-15(28-19)10-2-4-11(20)5-3-10/h2-9H,1H3,(H,21,22)(H,24,25). The molecule has 0 amide bonds. The van der Waals surface area contributed by atoms with Crippen LogP contribution in [0.25, 0.3) is 22.4 Å². The van der Waals surface area contributed by atoms with Gasteiger partial charge in [0.25, 0.3) is 11.6 Å². The predicted molar refractivity (Wildman–Crippen MR) is 104 cm³/mol. The Hall–Kier alpha value is -3.65. The van der Waals surface area contributed by atoms with Gasteiger partial charge in [-0.3, -0.25) is 4.79 Å². The van der Waals surface area contributed by atoms with Crippen LogP contribution in [0.4, 0.5) is 11.7 Å². The number of aromatic amines is 1. The highest BCUT2D eigenvalue weighted by Crippen LogP contribution is 2.26. The number of nitrogens with one attached hydrogen (secondary N) is 2. The predicted octanol–water partition coefficient (Wildman–Crippen LogP) is 3.76. The summed E-state index contributed by atoms with van der Waals surface area (Å²) in [7, 11) is 1.19. The van der Waals surface area contributed by atoms with Crippen molar-refractivity contribution in [2.24, 2.45) is 0 Å². The van der Waals surface area contributed by atoms with Gasteiger partial charge in [-0.15, -0.1) is 0 Å². The van der Waals surface area contributed by atoms with Gasteiger partial charge in [-0.05, 0) is 42.5 Å². The number of anilines is 2. The Morgan fingerprint density at radius 1 is 1.21 bits per heavy atom. The number of hydrogen-bond acceptors (Lipinski definition) is 7. The van der Waals surface area contributed by atoms with Crippen molar-refractivity contribution < 1.29 is 13.9 Å². The molecule has 0 saturated carbocycles. The number of benzene rings is 2. The van der Waals surface area contributed by atoms with E-state index in [1.165, 1.54) is 7.11 Å². The number of esters is 1. The first-order valence-corrected chi connectivity index (χ1v) is 8.52. The molecule has 4 aromatic rings. The Morgan fingerprint density at radius 3 is 2.75 bits per heavy atom. The molecule has 8 nitrogen and oxygen atoms in total. The Bertz CT molecular complexity index is 1230. The van der Waals surface area contributed by atoms with Crippen molar-refractivity contribution in [3.63, 3.8) is 0 Å². The minimum absolute atomic E-state index is 0.280. The monoisotopic (exact) mass is 396 g/mol. The van der Waals surface area contributed by atoms with Crippen LogP contribution in [0.15, 0.2) is 57.9 Å². The molecule has 4 rings (SSSR count). The maximum absolute atomic E-state index is 11.9. The van der Waals surface area contributed by atoms with E-state index >= 15 is 0 Å². The number of fused-ring (bicyclic) bond motifs is 1. The summed E-state index contributed by atoms with van der Waals surface area (Å²) in [6.07, 6.45) is 1.59. The van der Waals surface area contributed by atoms with Crippen LogP contribution in [0.5, 0.6) is 0 Å². The molecule has 0 fully saturated rings. The van der Waals surface area contributed by atoms with Crippen molar-refractivity contribution in [1.29, 1.82) is 0 Å². The highest BCUT2D eigenvalue weighted by molar-refractivity contribution is 6.30. The van der Waals surface area contributed by atoms with E-state index in [4.69, 9.17) is 16.0 Å². The summed E-state index contributed by atoms with van der Waals surface area (Å²) in [6.45, 7) is 0. The van der Waals surface area contributed by atoms with Gasteiger partial charge in [0.05, 0.1) is 24.3 Å². The van der Waals surface area contributed by atoms with E-state index < -0.39 is 11.5 Å².